The van der Waals surface area contributed by atoms with E-state index in [-0.39, 0.29) is 17.1 Å². The standard InChI is InChI=1S/C18H30O3Si/c1-13(2)20-17(19)16(15-11-9-14(3)10-12-15)21-22(7,8)18(4,5)6/h9-13,16H,1-8H3. The topological polar surface area (TPSA) is 35.5 Å². The molecule has 0 aromatic heterocycles. The number of carbonyl (C=O) groups is 1. The summed E-state index contributed by atoms with van der Waals surface area (Å²) in [6, 6.07) is 7.91. The van der Waals surface area contributed by atoms with Crippen molar-refractivity contribution in [2.75, 3.05) is 0 Å². The van der Waals surface area contributed by atoms with Crippen molar-refractivity contribution in [3.8, 4) is 0 Å². The molecule has 0 aliphatic rings. The predicted octanol–water partition coefficient (Wildman–Crippen LogP) is 5.01. The van der Waals surface area contributed by atoms with Gasteiger partial charge in [-0.2, -0.15) is 0 Å². The molecule has 0 amide bonds. The summed E-state index contributed by atoms with van der Waals surface area (Å²) in [6.45, 7) is 16.5. The molecule has 0 N–H and O–H groups in total. The average Bonchev–Trinajstić information content (AvgIpc) is 2.35. The van der Waals surface area contributed by atoms with Crippen LogP contribution >= 0.6 is 0 Å². The lowest BCUT2D eigenvalue weighted by Crippen LogP contribution is -2.43. The summed E-state index contributed by atoms with van der Waals surface area (Å²) in [7, 11) is -2.08. The summed E-state index contributed by atoms with van der Waals surface area (Å²) < 4.78 is 11.8. The summed E-state index contributed by atoms with van der Waals surface area (Å²) in [4.78, 5) is 12.5. The van der Waals surface area contributed by atoms with Gasteiger partial charge in [0, 0.05) is 0 Å². The van der Waals surface area contributed by atoms with Crippen molar-refractivity contribution < 1.29 is 14.0 Å². The van der Waals surface area contributed by atoms with Gasteiger partial charge in [-0.1, -0.05) is 50.6 Å². The van der Waals surface area contributed by atoms with Gasteiger partial charge in [-0.15, -0.1) is 0 Å². The van der Waals surface area contributed by atoms with Crippen molar-refractivity contribution >= 4 is 14.3 Å². The molecule has 0 radical (unpaired) electrons. The Labute approximate surface area is 136 Å². The van der Waals surface area contributed by atoms with Crippen LogP contribution in [0.25, 0.3) is 0 Å². The van der Waals surface area contributed by atoms with E-state index in [0.717, 1.165) is 11.1 Å². The number of aryl methyl sites for hydroxylation is 1. The monoisotopic (exact) mass is 322 g/mol. The molecule has 0 aliphatic carbocycles. The van der Waals surface area contributed by atoms with E-state index in [9.17, 15) is 4.79 Å². The first-order chi connectivity index (χ1) is 9.94. The first-order valence-electron chi connectivity index (χ1n) is 7.89. The highest BCUT2D eigenvalue weighted by atomic mass is 28.4. The molecule has 1 atom stereocenters. The molecular formula is C18H30O3Si. The van der Waals surface area contributed by atoms with Crippen LogP contribution in [-0.2, 0) is 14.0 Å². The highest BCUT2D eigenvalue weighted by Crippen LogP contribution is 2.40. The van der Waals surface area contributed by atoms with Crippen molar-refractivity contribution in [3.63, 3.8) is 0 Å². The minimum absolute atomic E-state index is 0.0358. The fourth-order valence-electron chi connectivity index (χ4n) is 1.76. The summed E-state index contributed by atoms with van der Waals surface area (Å²) in [5.74, 6) is -0.302. The Hall–Kier alpha value is -1.13. The van der Waals surface area contributed by atoms with E-state index in [1.165, 1.54) is 0 Å². The normalized spacial score (nSPS) is 14.0. The Bertz CT molecular complexity index is 498. The lowest BCUT2D eigenvalue weighted by molar-refractivity contribution is -0.156. The van der Waals surface area contributed by atoms with Crippen molar-refractivity contribution in [2.24, 2.45) is 0 Å². The van der Waals surface area contributed by atoms with E-state index in [1.807, 2.05) is 45.0 Å². The molecule has 4 heteroatoms. The summed E-state index contributed by atoms with van der Waals surface area (Å²) in [5, 5.41) is 0.0358. The molecule has 3 nitrogen and oxygen atoms in total. The van der Waals surface area contributed by atoms with Gasteiger partial charge in [-0.25, -0.2) is 4.79 Å². The van der Waals surface area contributed by atoms with Gasteiger partial charge < -0.3 is 9.16 Å². The smallest absolute Gasteiger partial charge is 0.339 e. The van der Waals surface area contributed by atoms with E-state index in [1.54, 1.807) is 0 Å². The van der Waals surface area contributed by atoms with Gasteiger partial charge in [0.05, 0.1) is 6.10 Å². The van der Waals surface area contributed by atoms with Crippen molar-refractivity contribution in [2.45, 2.75) is 71.9 Å². The van der Waals surface area contributed by atoms with Gasteiger partial charge >= 0.3 is 5.97 Å². The third-order valence-corrected chi connectivity index (χ3v) is 8.60. The Balaban J connectivity index is 3.12. The van der Waals surface area contributed by atoms with Crippen LogP contribution in [0.3, 0.4) is 0 Å². The second kappa shape index (κ2) is 6.96. The molecule has 0 fully saturated rings. The Kier molecular flexibility index (Phi) is 5.99. The highest BCUT2D eigenvalue weighted by Gasteiger charge is 2.41. The lowest BCUT2D eigenvalue weighted by Gasteiger charge is -2.38. The van der Waals surface area contributed by atoms with E-state index < -0.39 is 14.4 Å². The largest absolute Gasteiger partial charge is 0.461 e. The average molecular weight is 323 g/mol. The molecule has 0 saturated heterocycles. The summed E-state index contributed by atoms with van der Waals surface area (Å²) in [5.41, 5.74) is 2.02. The minimum atomic E-state index is -2.08. The highest BCUT2D eigenvalue weighted by molar-refractivity contribution is 6.74. The van der Waals surface area contributed by atoms with E-state index >= 15 is 0 Å². The number of esters is 1. The molecule has 124 valence electrons. The maximum Gasteiger partial charge on any atom is 0.339 e. The molecule has 0 heterocycles. The zero-order valence-electron chi connectivity index (χ0n) is 15.2. The Morgan fingerprint density at radius 2 is 1.59 bits per heavy atom. The van der Waals surface area contributed by atoms with Crippen molar-refractivity contribution in [1.82, 2.24) is 0 Å². The molecule has 1 aromatic carbocycles. The first-order valence-corrected chi connectivity index (χ1v) is 10.8. The quantitative estimate of drug-likeness (QED) is 0.564. The third kappa shape index (κ3) is 4.95. The first kappa shape index (κ1) is 18.9. The zero-order valence-corrected chi connectivity index (χ0v) is 16.2. The molecule has 22 heavy (non-hydrogen) atoms. The third-order valence-electron chi connectivity index (χ3n) is 4.16. The molecule has 0 aliphatic heterocycles. The fourth-order valence-corrected chi connectivity index (χ4v) is 2.93. The van der Waals surface area contributed by atoms with E-state index in [2.05, 4.69) is 33.9 Å². The Morgan fingerprint density at radius 1 is 1.09 bits per heavy atom. The van der Waals surface area contributed by atoms with E-state index in [4.69, 9.17) is 9.16 Å². The lowest BCUT2D eigenvalue weighted by atomic mass is 10.1. The molecular weight excluding hydrogens is 292 g/mol. The van der Waals surface area contributed by atoms with Crippen LogP contribution in [0.4, 0.5) is 0 Å². The van der Waals surface area contributed by atoms with Gasteiger partial charge in [0.15, 0.2) is 14.4 Å². The Morgan fingerprint density at radius 3 is 2.00 bits per heavy atom. The zero-order chi connectivity index (χ0) is 17.1. The number of hydrogen-bond acceptors (Lipinski definition) is 3. The second-order valence-corrected chi connectivity index (χ2v) is 12.4. The molecule has 1 aromatic rings. The number of rotatable bonds is 5. The van der Waals surface area contributed by atoms with Crippen LogP contribution in [-0.4, -0.2) is 20.4 Å². The van der Waals surface area contributed by atoms with Gasteiger partial charge in [-0.3, -0.25) is 0 Å². The van der Waals surface area contributed by atoms with Crippen LogP contribution < -0.4 is 0 Å². The van der Waals surface area contributed by atoms with Gasteiger partial charge in [0.2, 0.25) is 0 Å². The van der Waals surface area contributed by atoms with Crippen LogP contribution in [0.1, 0.15) is 51.8 Å². The minimum Gasteiger partial charge on any atom is -0.461 e. The van der Waals surface area contributed by atoms with E-state index in [0.29, 0.717) is 0 Å². The van der Waals surface area contributed by atoms with Crippen molar-refractivity contribution in [3.05, 3.63) is 35.4 Å². The summed E-state index contributed by atoms with van der Waals surface area (Å²) in [6.07, 6.45) is -0.799. The number of carbonyl (C=O) groups excluding carboxylic acids is 1. The summed E-state index contributed by atoms with van der Waals surface area (Å²) >= 11 is 0. The van der Waals surface area contributed by atoms with Crippen LogP contribution in [0.5, 0.6) is 0 Å². The molecule has 0 saturated carbocycles. The maximum atomic E-state index is 12.5. The van der Waals surface area contributed by atoms with Crippen LogP contribution in [0.2, 0.25) is 18.1 Å². The van der Waals surface area contributed by atoms with Crippen molar-refractivity contribution in [1.29, 1.82) is 0 Å². The number of ether oxygens (including phenoxy) is 1. The van der Waals surface area contributed by atoms with Gasteiger partial charge in [0.1, 0.15) is 0 Å². The van der Waals surface area contributed by atoms with Gasteiger partial charge in [-0.05, 0) is 44.5 Å². The molecule has 1 unspecified atom stereocenters. The molecule has 0 spiro atoms. The maximum absolute atomic E-state index is 12.5. The van der Waals surface area contributed by atoms with Gasteiger partial charge in [0.25, 0.3) is 0 Å². The van der Waals surface area contributed by atoms with Crippen LogP contribution in [0.15, 0.2) is 24.3 Å². The SMILES string of the molecule is Cc1ccc(C(O[Si](C)(C)C(C)(C)C)C(=O)OC(C)C)cc1. The second-order valence-electron chi connectivity index (χ2n) is 7.65. The number of hydrogen-bond donors (Lipinski definition) is 0. The fraction of sp³-hybridized carbons (Fsp3) is 0.611. The molecule has 0 bridgehead atoms. The number of benzene rings is 1. The predicted molar refractivity (Wildman–Crippen MR) is 93.4 cm³/mol. The molecule has 1 rings (SSSR count). The van der Waals surface area contributed by atoms with Crippen LogP contribution in [0, 0.1) is 6.92 Å².